The third-order valence-corrected chi connectivity index (χ3v) is 7.65. The van der Waals surface area contributed by atoms with Crippen molar-refractivity contribution in [1.29, 1.82) is 0 Å². The number of sulfonamides is 1. The first kappa shape index (κ1) is 24.4. The number of carbonyl (C=O) groups is 2. The van der Waals surface area contributed by atoms with Crippen LogP contribution in [0, 0.1) is 0 Å². The molecule has 0 bridgehead atoms. The van der Waals surface area contributed by atoms with Crippen molar-refractivity contribution in [3.05, 3.63) is 23.8 Å². The topological polar surface area (TPSA) is 99.7 Å². The van der Waals surface area contributed by atoms with E-state index >= 15 is 0 Å². The first-order valence-electron chi connectivity index (χ1n) is 10.7. The van der Waals surface area contributed by atoms with Crippen molar-refractivity contribution in [2.45, 2.75) is 11.3 Å². The molecule has 2 saturated heterocycles. The Labute approximate surface area is 189 Å². The minimum atomic E-state index is -3.82. The fourth-order valence-corrected chi connectivity index (χ4v) is 5.37. The summed E-state index contributed by atoms with van der Waals surface area (Å²) in [6, 6.07) is 4.53. The lowest BCUT2D eigenvalue weighted by Crippen LogP contribution is -2.41. The van der Waals surface area contributed by atoms with E-state index in [9.17, 15) is 18.0 Å². The molecule has 178 valence electrons. The van der Waals surface area contributed by atoms with Crippen molar-refractivity contribution in [2.24, 2.45) is 0 Å². The fraction of sp³-hybridized carbons (Fsp3) is 0.619. The molecule has 2 heterocycles. The lowest BCUT2D eigenvalue weighted by molar-refractivity contribution is -0.129. The van der Waals surface area contributed by atoms with Gasteiger partial charge >= 0.3 is 0 Å². The Hall–Kier alpha value is -2.21. The smallest absolute Gasteiger partial charge is 0.253 e. The summed E-state index contributed by atoms with van der Waals surface area (Å²) in [5.74, 6) is 0.00189. The Balaban J connectivity index is 1.77. The molecule has 0 radical (unpaired) electrons. The first-order valence-corrected chi connectivity index (χ1v) is 12.2. The summed E-state index contributed by atoms with van der Waals surface area (Å²) in [6.07, 6.45) is 0.738. The monoisotopic (exact) mass is 468 g/mol. The zero-order chi connectivity index (χ0) is 23.3. The Morgan fingerprint density at radius 1 is 1.06 bits per heavy atom. The van der Waals surface area contributed by atoms with E-state index in [1.54, 1.807) is 30.0 Å². The minimum absolute atomic E-state index is 0.0132. The first-order chi connectivity index (χ1) is 15.2. The van der Waals surface area contributed by atoms with Crippen molar-refractivity contribution < 1.29 is 27.5 Å². The molecule has 0 saturated carbocycles. The second-order valence-corrected chi connectivity index (χ2v) is 10.00. The van der Waals surface area contributed by atoms with Gasteiger partial charge in [0.1, 0.15) is 10.6 Å². The standard InChI is InChI=1S/C21H32N4O6S/c1-22(2)20(26)16-23-7-4-8-24(10-9-23)21(27)17-5-6-18(30-3)19(15-17)32(28,29)25-11-13-31-14-12-25/h5-6,15H,4,7-14,16H2,1-3H3. The molecule has 2 fully saturated rings. The molecule has 1 aromatic rings. The summed E-state index contributed by atoms with van der Waals surface area (Å²) in [7, 11) is 1.04. The van der Waals surface area contributed by atoms with Gasteiger partial charge in [0, 0.05) is 58.9 Å². The average Bonchev–Trinajstić information content (AvgIpc) is 3.04. The second-order valence-electron chi connectivity index (χ2n) is 8.09. The number of hydrogen-bond donors (Lipinski definition) is 0. The van der Waals surface area contributed by atoms with Crippen molar-refractivity contribution in [2.75, 3.05) is 80.2 Å². The highest BCUT2D eigenvalue weighted by molar-refractivity contribution is 7.89. The molecular formula is C21H32N4O6S. The molecule has 0 aliphatic carbocycles. The summed E-state index contributed by atoms with van der Waals surface area (Å²) < 4.78 is 38.3. The number of carbonyl (C=O) groups excluding carboxylic acids is 2. The SMILES string of the molecule is COc1ccc(C(=O)N2CCCN(CC(=O)N(C)C)CC2)cc1S(=O)(=O)N1CCOCC1. The van der Waals surface area contributed by atoms with Crippen molar-refractivity contribution in [3.8, 4) is 5.75 Å². The summed E-state index contributed by atoms with van der Waals surface area (Å²) in [5, 5.41) is 0. The van der Waals surface area contributed by atoms with Gasteiger partial charge in [-0.3, -0.25) is 14.5 Å². The molecule has 0 unspecified atom stereocenters. The number of morpholine rings is 1. The Morgan fingerprint density at radius 2 is 1.78 bits per heavy atom. The maximum absolute atomic E-state index is 13.2. The van der Waals surface area contributed by atoms with Gasteiger partial charge in [0.05, 0.1) is 26.9 Å². The molecule has 2 aliphatic rings. The normalized spacial score (nSPS) is 18.8. The molecule has 0 aromatic heterocycles. The van der Waals surface area contributed by atoms with E-state index in [1.807, 2.05) is 4.90 Å². The van der Waals surface area contributed by atoms with Gasteiger partial charge in [0.2, 0.25) is 15.9 Å². The molecule has 0 N–H and O–H groups in total. The zero-order valence-electron chi connectivity index (χ0n) is 18.9. The quantitative estimate of drug-likeness (QED) is 0.577. The van der Waals surface area contributed by atoms with Crippen molar-refractivity contribution in [1.82, 2.24) is 19.0 Å². The lowest BCUT2D eigenvalue weighted by Gasteiger charge is -2.27. The predicted octanol–water partition coefficient (Wildman–Crippen LogP) is -0.0478. The highest BCUT2D eigenvalue weighted by Gasteiger charge is 2.31. The van der Waals surface area contributed by atoms with Crippen LogP contribution in [0.15, 0.2) is 23.1 Å². The van der Waals surface area contributed by atoms with E-state index in [2.05, 4.69) is 0 Å². The maximum atomic E-state index is 13.2. The van der Waals surface area contributed by atoms with Crippen molar-refractivity contribution in [3.63, 3.8) is 0 Å². The number of hydrogen-bond acceptors (Lipinski definition) is 7. The number of ether oxygens (including phenoxy) is 2. The van der Waals surface area contributed by atoms with E-state index < -0.39 is 10.0 Å². The highest BCUT2D eigenvalue weighted by atomic mass is 32.2. The van der Waals surface area contributed by atoms with Crippen LogP contribution in [-0.2, 0) is 19.6 Å². The Morgan fingerprint density at radius 3 is 2.44 bits per heavy atom. The molecule has 1 aromatic carbocycles. The summed E-state index contributed by atoms with van der Waals surface area (Å²) in [5.41, 5.74) is 0.301. The van der Waals surface area contributed by atoms with E-state index in [1.165, 1.54) is 23.5 Å². The van der Waals surface area contributed by atoms with Gasteiger partial charge < -0.3 is 19.3 Å². The van der Waals surface area contributed by atoms with Crippen LogP contribution in [0.25, 0.3) is 0 Å². The van der Waals surface area contributed by atoms with Crippen LogP contribution < -0.4 is 4.74 Å². The number of likely N-dealkylation sites (N-methyl/N-ethyl adjacent to an activating group) is 1. The molecule has 0 atom stereocenters. The predicted molar refractivity (Wildman–Crippen MR) is 118 cm³/mol. The molecule has 32 heavy (non-hydrogen) atoms. The molecular weight excluding hydrogens is 436 g/mol. The molecule has 11 heteroatoms. The second kappa shape index (κ2) is 10.6. The summed E-state index contributed by atoms with van der Waals surface area (Å²) in [4.78, 5) is 30.5. The number of rotatable bonds is 6. The van der Waals surface area contributed by atoms with Gasteiger partial charge in [-0.1, -0.05) is 0 Å². The van der Waals surface area contributed by atoms with Gasteiger partial charge in [0.15, 0.2) is 0 Å². The van der Waals surface area contributed by atoms with E-state index in [0.717, 1.165) is 13.0 Å². The minimum Gasteiger partial charge on any atom is -0.495 e. The van der Waals surface area contributed by atoms with Gasteiger partial charge in [-0.2, -0.15) is 4.31 Å². The Bertz CT molecular complexity index is 930. The van der Waals surface area contributed by atoms with Crippen LogP contribution in [0.4, 0.5) is 0 Å². The molecule has 2 aliphatic heterocycles. The molecule has 2 amide bonds. The number of benzene rings is 1. The average molecular weight is 469 g/mol. The third kappa shape index (κ3) is 5.58. The molecule has 0 spiro atoms. The summed E-state index contributed by atoms with van der Waals surface area (Å²) >= 11 is 0. The number of methoxy groups -OCH3 is 1. The highest BCUT2D eigenvalue weighted by Crippen LogP contribution is 2.29. The maximum Gasteiger partial charge on any atom is 0.253 e. The largest absolute Gasteiger partial charge is 0.495 e. The van der Waals surface area contributed by atoms with Crippen LogP contribution in [0.2, 0.25) is 0 Å². The number of nitrogens with zero attached hydrogens (tertiary/aromatic N) is 4. The third-order valence-electron chi connectivity index (χ3n) is 5.73. The van der Waals surface area contributed by atoms with Crippen molar-refractivity contribution >= 4 is 21.8 Å². The van der Waals surface area contributed by atoms with Gasteiger partial charge in [-0.25, -0.2) is 8.42 Å². The van der Waals surface area contributed by atoms with Gasteiger partial charge in [-0.05, 0) is 24.6 Å². The zero-order valence-corrected chi connectivity index (χ0v) is 19.8. The van der Waals surface area contributed by atoms with Crippen LogP contribution in [0.5, 0.6) is 5.75 Å². The van der Waals surface area contributed by atoms with E-state index in [0.29, 0.717) is 45.0 Å². The molecule has 10 nitrogen and oxygen atoms in total. The van der Waals surface area contributed by atoms with Crippen LogP contribution in [0.1, 0.15) is 16.8 Å². The Kier molecular flexibility index (Phi) is 8.10. The summed E-state index contributed by atoms with van der Waals surface area (Å²) in [6.45, 7) is 3.83. The molecule has 3 rings (SSSR count). The van der Waals surface area contributed by atoms with Gasteiger partial charge in [-0.15, -0.1) is 0 Å². The van der Waals surface area contributed by atoms with Gasteiger partial charge in [0.25, 0.3) is 5.91 Å². The van der Waals surface area contributed by atoms with E-state index in [-0.39, 0.29) is 35.5 Å². The fourth-order valence-electron chi connectivity index (χ4n) is 3.78. The van der Waals surface area contributed by atoms with E-state index in [4.69, 9.17) is 9.47 Å². The van der Waals surface area contributed by atoms with Crippen LogP contribution in [-0.4, -0.2) is 119 Å². The number of amides is 2. The lowest BCUT2D eigenvalue weighted by atomic mass is 10.2. The van der Waals surface area contributed by atoms with Crippen LogP contribution >= 0.6 is 0 Å². The van der Waals surface area contributed by atoms with Crippen LogP contribution in [0.3, 0.4) is 0 Å².